The quantitative estimate of drug-likeness (QED) is 0.0992. The number of rotatable bonds is 9. The molecule has 3 N–H and O–H groups in total. The molecule has 0 saturated carbocycles. The smallest absolute Gasteiger partial charge is 0.402 e. The molecule has 0 amide bonds. The Balaban J connectivity index is 0.000000166. The van der Waals surface area contributed by atoms with E-state index in [1.54, 1.807) is 166 Å². The number of hydrogen-bond acceptors (Lipinski definition) is 6. The SMILES string of the molecule is Cc1ccc(C2=NC(c3ccc(C)cc3)C(F)(F)C(c3ccc(C)cc3)C2(F)F)cc1.Cc1ccc(C2=NC(c3ccc(C)cc3)C(F)(F)C(c3ccc(C)cc3)C2(F)F)cc1.Cc1ccc(C2=NC(c3ccc(C)cc3)C(F)(F)C(c3ccc(C)cc3)C2(F)F)cc1.OB(O)O. The maximum Gasteiger partial charge on any atom is 0.631 e. The molecule has 97 heavy (non-hydrogen) atoms. The zero-order chi connectivity index (χ0) is 70.7. The van der Waals surface area contributed by atoms with Crippen molar-refractivity contribution in [2.24, 2.45) is 15.0 Å². The maximum absolute atomic E-state index is 15.8. The summed E-state index contributed by atoms with van der Waals surface area (Å²) in [4.78, 5) is 12.0. The van der Waals surface area contributed by atoms with Crippen LogP contribution in [0.4, 0.5) is 52.7 Å². The Labute approximate surface area is 557 Å². The first-order valence-corrected chi connectivity index (χ1v) is 31.2. The van der Waals surface area contributed by atoms with Crippen LogP contribution in [0.3, 0.4) is 0 Å². The molecule has 12 rings (SSSR count). The Morgan fingerprint density at radius 3 is 0.526 bits per heavy atom. The van der Waals surface area contributed by atoms with Gasteiger partial charge in [-0.05, 0) is 95.7 Å². The molecule has 0 fully saturated rings. The zero-order valence-electron chi connectivity index (χ0n) is 54.5. The van der Waals surface area contributed by atoms with Gasteiger partial charge in [-0.15, -0.1) is 0 Å². The van der Waals surface area contributed by atoms with E-state index in [0.29, 0.717) is 0 Å². The first-order valence-electron chi connectivity index (χ1n) is 31.2. The Bertz CT molecular complexity index is 3810. The number of benzene rings is 9. The Kier molecular flexibility index (Phi) is 21.4. The maximum atomic E-state index is 15.8. The highest BCUT2D eigenvalue weighted by atomic mass is 19.3. The average molecular weight is 1340 g/mol. The van der Waals surface area contributed by atoms with Crippen LogP contribution in [-0.2, 0) is 0 Å². The van der Waals surface area contributed by atoms with Gasteiger partial charge in [0, 0.05) is 16.7 Å². The van der Waals surface area contributed by atoms with Crippen LogP contribution in [0.2, 0.25) is 0 Å². The van der Waals surface area contributed by atoms with Gasteiger partial charge in [-0.3, -0.25) is 15.0 Å². The third-order valence-electron chi connectivity index (χ3n) is 17.4. The van der Waals surface area contributed by atoms with Crippen molar-refractivity contribution in [3.63, 3.8) is 0 Å². The summed E-state index contributed by atoms with van der Waals surface area (Å²) in [5, 5.41) is 21.5. The first-order chi connectivity index (χ1) is 45.5. The van der Waals surface area contributed by atoms with Gasteiger partial charge in [0.2, 0.25) is 0 Å². The number of nitrogens with zero attached hydrogens (tertiary/aromatic N) is 3. The van der Waals surface area contributed by atoms with E-state index in [9.17, 15) is 0 Å². The van der Waals surface area contributed by atoms with Crippen LogP contribution >= 0.6 is 0 Å². The van der Waals surface area contributed by atoms with E-state index >= 15 is 52.7 Å². The Morgan fingerprint density at radius 2 is 0.371 bits per heavy atom. The van der Waals surface area contributed by atoms with E-state index in [1.165, 1.54) is 72.8 Å². The largest absolute Gasteiger partial charge is 0.631 e. The monoisotopic (exact) mass is 1340 g/mol. The van der Waals surface area contributed by atoms with Crippen molar-refractivity contribution >= 4 is 24.5 Å². The number of hydrogen-bond donors (Lipinski definition) is 3. The lowest BCUT2D eigenvalue weighted by Crippen LogP contribution is -2.52. The number of aryl methyl sites for hydroxylation is 9. The molecule has 0 aliphatic carbocycles. The van der Waals surface area contributed by atoms with Gasteiger partial charge in [-0.2, -0.15) is 26.3 Å². The predicted molar refractivity (Wildman–Crippen MR) is 359 cm³/mol. The molecule has 3 aliphatic rings. The lowest BCUT2D eigenvalue weighted by molar-refractivity contribution is -0.128. The normalized spacial score (nSPS) is 21.5. The van der Waals surface area contributed by atoms with Crippen molar-refractivity contribution in [1.29, 1.82) is 0 Å². The van der Waals surface area contributed by atoms with Crippen molar-refractivity contribution in [3.05, 3.63) is 319 Å². The minimum absolute atomic E-state index is 0.0998. The summed E-state index contributed by atoms with van der Waals surface area (Å²) < 4.78 is 189. The molecule has 6 nitrogen and oxygen atoms in total. The lowest BCUT2D eigenvalue weighted by Gasteiger charge is -2.42. The number of aliphatic imine (C=N–C) groups is 3. The molecule has 3 heterocycles. The standard InChI is InChI=1S/3C26H23F4N.BH3O3/c3*1-16-4-10-19(11-5-16)22-25(27,28)23(20-12-6-17(2)7-13-20)31-24(26(22,29)30)21-14-8-18(3)9-15-21;2-1(3)4/h3*4-15,22-23H,1-3H3;2-4H. The van der Waals surface area contributed by atoms with Crippen LogP contribution < -0.4 is 0 Å². The van der Waals surface area contributed by atoms with Crippen LogP contribution in [0.25, 0.3) is 0 Å². The second-order valence-corrected chi connectivity index (χ2v) is 25.2. The lowest BCUT2D eigenvalue weighted by atomic mass is 9.75. The van der Waals surface area contributed by atoms with Crippen LogP contribution in [0.5, 0.6) is 0 Å². The highest BCUT2D eigenvalue weighted by molar-refractivity contribution is 6.30. The third kappa shape index (κ3) is 15.6. The summed E-state index contributed by atoms with van der Waals surface area (Å²) in [6.07, 6.45) is 0. The fourth-order valence-corrected chi connectivity index (χ4v) is 12.2. The summed E-state index contributed by atoms with van der Waals surface area (Å²) in [5.74, 6) is -29.9. The molecule has 0 saturated heterocycles. The van der Waals surface area contributed by atoms with Crippen LogP contribution in [0, 0.1) is 62.3 Å². The van der Waals surface area contributed by atoms with Crippen molar-refractivity contribution in [1.82, 2.24) is 0 Å². The summed E-state index contributed by atoms with van der Waals surface area (Å²) in [5.41, 5.74) is 6.79. The molecule has 9 aromatic carbocycles. The van der Waals surface area contributed by atoms with Crippen molar-refractivity contribution < 1.29 is 67.8 Å². The second kappa shape index (κ2) is 28.7. The molecule has 6 unspecified atom stereocenters. The molecule has 0 aromatic heterocycles. The van der Waals surface area contributed by atoms with Crippen molar-refractivity contribution in [3.8, 4) is 0 Å². The van der Waals surface area contributed by atoms with Gasteiger partial charge >= 0.3 is 25.1 Å². The van der Waals surface area contributed by atoms with Gasteiger partial charge in [0.05, 0.1) is 0 Å². The molecular weight excluding hydrogens is 1270 g/mol. The van der Waals surface area contributed by atoms with E-state index in [4.69, 9.17) is 15.1 Å². The molecule has 19 heteroatoms. The van der Waals surface area contributed by atoms with E-state index in [0.717, 1.165) is 50.1 Å². The Morgan fingerprint density at radius 1 is 0.237 bits per heavy atom. The summed E-state index contributed by atoms with van der Waals surface area (Å²) in [6, 6.07) is 51.2. The predicted octanol–water partition coefficient (Wildman–Crippen LogP) is 19.6. The molecule has 504 valence electrons. The highest BCUT2D eigenvalue weighted by Gasteiger charge is 2.68. The molecule has 0 radical (unpaired) electrons. The summed E-state index contributed by atoms with van der Waals surface area (Å²) >= 11 is 0. The van der Waals surface area contributed by atoms with Gasteiger partial charge in [-0.1, -0.05) is 268 Å². The van der Waals surface area contributed by atoms with E-state index in [-0.39, 0.29) is 50.1 Å². The molecular formula is C78H72BF12N3O3. The van der Waals surface area contributed by atoms with Crippen molar-refractivity contribution in [2.75, 3.05) is 0 Å². The Hall–Kier alpha value is -8.91. The zero-order valence-corrected chi connectivity index (χ0v) is 54.5. The molecule has 6 atom stereocenters. The van der Waals surface area contributed by atoms with Gasteiger partial charge in [0.15, 0.2) is 0 Å². The van der Waals surface area contributed by atoms with E-state index in [1.807, 2.05) is 41.5 Å². The molecule has 0 spiro atoms. The minimum Gasteiger partial charge on any atom is -0.402 e. The van der Waals surface area contributed by atoms with E-state index < -0.39 is 95.9 Å². The van der Waals surface area contributed by atoms with Gasteiger partial charge in [0.25, 0.3) is 17.8 Å². The summed E-state index contributed by atoms with van der Waals surface area (Å²) in [6.45, 7) is 16.4. The van der Waals surface area contributed by atoms with Gasteiger partial charge < -0.3 is 15.1 Å². The molecule has 0 bridgehead atoms. The molecule has 9 aromatic rings. The van der Waals surface area contributed by atoms with Gasteiger partial charge in [-0.25, -0.2) is 26.3 Å². The third-order valence-corrected chi connectivity index (χ3v) is 17.4. The highest BCUT2D eigenvalue weighted by Crippen LogP contribution is 2.60. The fraction of sp³-hybridized carbons (Fsp3) is 0.269. The number of alkyl halides is 12. The first kappa shape index (κ1) is 72.4. The van der Waals surface area contributed by atoms with Crippen LogP contribution in [0.1, 0.15) is 136 Å². The van der Waals surface area contributed by atoms with Crippen molar-refractivity contribution in [2.45, 2.75) is 134 Å². The molecule has 3 aliphatic heterocycles. The fourth-order valence-electron chi connectivity index (χ4n) is 12.2. The second-order valence-electron chi connectivity index (χ2n) is 25.2. The van der Waals surface area contributed by atoms with Crippen LogP contribution in [-0.4, -0.2) is 75.1 Å². The van der Waals surface area contributed by atoms with Gasteiger partial charge in [0.1, 0.15) is 53.0 Å². The summed E-state index contributed by atoms with van der Waals surface area (Å²) in [7, 11) is -2.17. The van der Waals surface area contributed by atoms with Crippen LogP contribution in [0.15, 0.2) is 233 Å². The average Bonchev–Trinajstić information content (AvgIpc) is 0.737. The number of halogens is 12. The minimum atomic E-state index is -3.85. The van der Waals surface area contributed by atoms with E-state index in [2.05, 4.69) is 15.0 Å². The topological polar surface area (TPSA) is 97.8 Å².